The SMILES string of the molecule is Cc1c2c(nn1C1CC(F)CN(C3COC3)C1)OCC[C@@H](C)Nc1nc(ncc1Cl)C2. The van der Waals surface area contributed by atoms with Gasteiger partial charge >= 0.3 is 0 Å². The maximum Gasteiger partial charge on any atom is 0.236 e. The first-order valence-corrected chi connectivity index (χ1v) is 11.3. The van der Waals surface area contributed by atoms with Crippen molar-refractivity contribution in [1.82, 2.24) is 24.6 Å². The number of rotatable bonds is 2. The van der Waals surface area contributed by atoms with E-state index in [-0.39, 0.29) is 12.1 Å². The number of piperidine rings is 1. The van der Waals surface area contributed by atoms with Crippen LogP contribution in [0.2, 0.25) is 5.02 Å². The minimum Gasteiger partial charge on any atom is -0.476 e. The Labute approximate surface area is 186 Å². The van der Waals surface area contributed by atoms with Gasteiger partial charge in [0.05, 0.1) is 38.1 Å². The van der Waals surface area contributed by atoms with Crippen LogP contribution in [-0.4, -0.2) is 75.8 Å². The number of nitrogens with one attached hydrogen (secondary N) is 1. The minimum absolute atomic E-state index is 0.0457. The van der Waals surface area contributed by atoms with Crippen LogP contribution in [0.4, 0.5) is 10.2 Å². The molecule has 2 bridgehead atoms. The Morgan fingerprint density at radius 2 is 2.10 bits per heavy atom. The smallest absolute Gasteiger partial charge is 0.236 e. The summed E-state index contributed by atoms with van der Waals surface area (Å²) in [6, 6.07) is 0.393. The van der Waals surface area contributed by atoms with Crippen LogP contribution in [0.15, 0.2) is 6.20 Å². The molecule has 5 heterocycles. The van der Waals surface area contributed by atoms with Gasteiger partial charge in [-0.1, -0.05) is 11.6 Å². The average Bonchev–Trinajstić information content (AvgIpc) is 2.97. The van der Waals surface area contributed by atoms with Crippen LogP contribution in [0, 0.1) is 6.92 Å². The molecule has 168 valence electrons. The first-order chi connectivity index (χ1) is 15.0. The molecule has 2 unspecified atom stereocenters. The van der Waals surface area contributed by atoms with E-state index >= 15 is 0 Å². The predicted octanol–water partition coefficient (Wildman–Crippen LogP) is 2.79. The van der Waals surface area contributed by atoms with Crippen molar-refractivity contribution in [3.8, 4) is 5.88 Å². The molecule has 3 aliphatic rings. The second kappa shape index (κ2) is 8.52. The van der Waals surface area contributed by atoms with Crippen molar-refractivity contribution in [3.05, 3.63) is 28.3 Å². The number of anilines is 1. The summed E-state index contributed by atoms with van der Waals surface area (Å²) in [6.07, 6.45) is 2.45. The molecule has 31 heavy (non-hydrogen) atoms. The molecule has 10 heteroatoms. The van der Waals surface area contributed by atoms with Crippen molar-refractivity contribution in [3.63, 3.8) is 0 Å². The highest BCUT2D eigenvalue weighted by molar-refractivity contribution is 6.32. The summed E-state index contributed by atoms with van der Waals surface area (Å²) in [5, 5.41) is 8.63. The van der Waals surface area contributed by atoms with Gasteiger partial charge in [-0.15, -0.1) is 5.10 Å². The number of hydrogen-bond donors (Lipinski definition) is 1. The van der Waals surface area contributed by atoms with Crippen molar-refractivity contribution in [2.75, 3.05) is 38.2 Å². The zero-order chi connectivity index (χ0) is 21.5. The van der Waals surface area contributed by atoms with Crippen LogP contribution in [0.1, 0.15) is 42.9 Å². The predicted molar refractivity (Wildman–Crippen MR) is 115 cm³/mol. The lowest BCUT2D eigenvalue weighted by atomic mass is 10.0. The highest BCUT2D eigenvalue weighted by Gasteiger charge is 2.36. The molecule has 3 aliphatic heterocycles. The molecular formula is C21H28ClFN6O2. The molecule has 2 saturated heterocycles. The molecule has 3 atom stereocenters. The number of aromatic nitrogens is 4. The zero-order valence-corrected chi connectivity index (χ0v) is 18.6. The molecule has 0 amide bonds. The largest absolute Gasteiger partial charge is 0.476 e. The van der Waals surface area contributed by atoms with Crippen LogP contribution in [0.3, 0.4) is 0 Å². The van der Waals surface area contributed by atoms with Gasteiger partial charge in [-0.3, -0.25) is 9.58 Å². The van der Waals surface area contributed by atoms with Gasteiger partial charge in [0.1, 0.15) is 22.8 Å². The summed E-state index contributed by atoms with van der Waals surface area (Å²) < 4.78 is 28.0. The first kappa shape index (κ1) is 20.9. The van der Waals surface area contributed by atoms with Gasteiger partial charge in [0.15, 0.2) is 0 Å². The molecule has 2 aromatic heterocycles. The topological polar surface area (TPSA) is 77.3 Å². The number of fused-ring (bicyclic) bond motifs is 3. The quantitative estimate of drug-likeness (QED) is 0.753. The van der Waals surface area contributed by atoms with Crippen LogP contribution in [-0.2, 0) is 11.2 Å². The van der Waals surface area contributed by atoms with Crippen molar-refractivity contribution < 1.29 is 13.9 Å². The maximum atomic E-state index is 14.6. The van der Waals surface area contributed by atoms with Crippen LogP contribution in [0.25, 0.3) is 0 Å². The highest BCUT2D eigenvalue weighted by Crippen LogP contribution is 2.33. The van der Waals surface area contributed by atoms with Crippen molar-refractivity contribution in [2.45, 2.75) is 57.4 Å². The number of likely N-dealkylation sites (tertiary alicyclic amines) is 1. The summed E-state index contributed by atoms with van der Waals surface area (Å²) in [6.45, 7) is 7.18. The van der Waals surface area contributed by atoms with E-state index in [0.717, 1.165) is 24.2 Å². The summed E-state index contributed by atoms with van der Waals surface area (Å²) >= 11 is 6.28. The molecular weight excluding hydrogens is 423 g/mol. The van der Waals surface area contributed by atoms with Gasteiger partial charge in [0.2, 0.25) is 5.88 Å². The molecule has 0 aromatic carbocycles. The monoisotopic (exact) mass is 450 g/mol. The lowest BCUT2D eigenvalue weighted by molar-refractivity contribution is -0.0856. The molecule has 5 rings (SSSR count). The molecule has 0 aliphatic carbocycles. The Hall–Kier alpha value is -1.97. The number of alkyl halides is 1. The maximum absolute atomic E-state index is 14.6. The Morgan fingerprint density at radius 3 is 2.87 bits per heavy atom. The van der Waals surface area contributed by atoms with Crippen molar-refractivity contribution in [1.29, 1.82) is 0 Å². The third-order valence-electron chi connectivity index (χ3n) is 6.43. The molecule has 1 N–H and O–H groups in total. The van der Waals surface area contributed by atoms with Gasteiger partial charge in [-0.05, 0) is 13.8 Å². The van der Waals surface area contributed by atoms with Gasteiger partial charge in [0.25, 0.3) is 0 Å². The molecule has 0 spiro atoms. The number of ether oxygens (including phenoxy) is 2. The summed E-state index contributed by atoms with van der Waals surface area (Å²) in [5.41, 5.74) is 1.92. The lowest BCUT2D eigenvalue weighted by Gasteiger charge is -2.43. The van der Waals surface area contributed by atoms with Crippen molar-refractivity contribution in [2.24, 2.45) is 0 Å². The van der Waals surface area contributed by atoms with E-state index in [1.165, 1.54) is 0 Å². The standard InChI is InChI=1S/C21H28ClFN6O2/c1-12-3-4-31-21-17(6-19-24-7-18(22)20(25-12)26-19)13(2)29(27-21)15-5-14(23)8-28(9-15)16-10-30-11-16/h7,12,14-16H,3-6,8-11H2,1-2H3,(H,24,25,26)/t12-,14?,15?/m1/s1. The van der Waals surface area contributed by atoms with Gasteiger partial charge < -0.3 is 14.8 Å². The fourth-order valence-corrected chi connectivity index (χ4v) is 4.69. The normalized spacial score (nSPS) is 27.4. The highest BCUT2D eigenvalue weighted by atomic mass is 35.5. The lowest BCUT2D eigenvalue weighted by Crippen LogP contribution is -2.55. The number of nitrogens with zero attached hydrogens (tertiary/aromatic N) is 5. The number of halogens is 2. The minimum atomic E-state index is -0.879. The Morgan fingerprint density at radius 1 is 1.26 bits per heavy atom. The van der Waals surface area contributed by atoms with Crippen LogP contribution in [0.5, 0.6) is 5.88 Å². The van der Waals surface area contributed by atoms with E-state index in [1.54, 1.807) is 6.20 Å². The third kappa shape index (κ3) is 4.23. The Balaban J connectivity index is 1.47. The second-order valence-electron chi connectivity index (χ2n) is 8.79. The fourth-order valence-electron chi connectivity index (χ4n) is 4.54. The average molecular weight is 451 g/mol. The van der Waals surface area contributed by atoms with Crippen molar-refractivity contribution >= 4 is 17.4 Å². The van der Waals surface area contributed by atoms with Crippen LogP contribution >= 0.6 is 11.6 Å². The first-order valence-electron chi connectivity index (χ1n) is 10.9. The third-order valence-corrected chi connectivity index (χ3v) is 6.70. The number of hydrogen-bond acceptors (Lipinski definition) is 7. The van der Waals surface area contributed by atoms with E-state index in [2.05, 4.69) is 27.1 Å². The molecule has 0 radical (unpaired) electrons. The summed E-state index contributed by atoms with van der Waals surface area (Å²) in [5.74, 6) is 1.87. The summed E-state index contributed by atoms with van der Waals surface area (Å²) in [4.78, 5) is 11.2. The molecule has 2 aromatic rings. The Bertz CT molecular complexity index is 952. The van der Waals surface area contributed by atoms with Gasteiger partial charge in [-0.25, -0.2) is 14.4 Å². The second-order valence-corrected chi connectivity index (χ2v) is 9.19. The fraction of sp³-hybridized carbons (Fsp3) is 0.667. The molecule has 8 nitrogen and oxygen atoms in total. The van der Waals surface area contributed by atoms with Gasteiger partial charge in [0, 0.05) is 49.7 Å². The van der Waals surface area contributed by atoms with Gasteiger partial charge in [-0.2, -0.15) is 0 Å². The molecule has 0 saturated carbocycles. The van der Waals surface area contributed by atoms with E-state index in [4.69, 9.17) is 26.2 Å². The molecule has 2 fully saturated rings. The Kier molecular flexibility index (Phi) is 5.75. The van der Waals surface area contributed by atoms with E-state index in [9.17, 15) is 4.39 Å². The van der Waals surface area contributed by atoms with Crippen LogP contribution < -0.4 is 10.1 Å². The summed E-state index contributed by atoms with van der Waals surface area (Å²) in [7, 11) is 0. The van der Waals surface area contributed by atoms with E-state index in [1.807, 2.05) is 11.6 Å². The zero-order valence-electron chi connectivity index (χ0n) is 17.9. The van der Waals surface area contributed by atoms with E-state index in [0.29, 0.717) is 67.8 Å². The van der Waals surface area contributed by atoms with E-state index < -0.39 is 6.17 Å².